The van der Waals surface area contributed by atoms with Crippen LogP contribution in [0.25, 0.3) is 0 Å². The number of halogens is 1. The highest BCUT2D eigenvalue weighted by atomic mass is 79.9. The minimum atomic E-state index is 0.291. The second-order valence-electron chi connectivity index (χ2n) is 4.37. The van der Waals surface area contributed by atoms with E-state index >= 15 is 0 Å². The first-order valence-electron chi connectivity index (χ1n) is 5.89. The van der Waals surface area contributed by atoms with Gasteiger partial charge in [0.1, 0.15) is 0 Å². The molecule has 16 heavy (non-hydrogen) atoms. The molecule has 1 aromatic rings. The van der Waals surface area contributed by atoms with Gasteiger partial charge in [-0.2, -0.15) is 0 Å². The Kier molecular flexibility index (Phi) is 4.38. The Bertz CT molecular complexity index is 338. The number of aliphatic hydroxyl groups excluding tert-OH is 1. The highest BCUT2D eigenvalue weighted by Crippen LogP contribution is 2.29. The van der Waals surface area contributed by atoms with Crippen molar-refractivity contribution in [3.05, 3.63) is 34.3 Å². The number of hydrogen-bond acceptors (Lipinski definition) is 2. The summed E-state index contributed by atoms with van der Waals surface area (Å²) >= 11 is 3.59. The molecule has 0 radical (unpaired) electrons. The molecule has 0 atom stereocenters. The summed E-state index contributed by atoms with van der Waals surface area (Å²) in [5, 5.41) is 8.90. The van der Waals surface area contributed by atoms with Crippen LogP contribution in [0.3, 0.4) is 0 Å². The minimum Gasteiger partial charge on any atom is -0.396 e. The lowest BCUT2D eigenvalue weighted by Gasteiger charge is -2.22. The van der Waals surface area contributed by atoms with Gasteiger partial charge in [-0.25, -0.2) is 0 Å². The van der Waals surface area contributed by atoms with Crippen LogP contribution in [0, 0.1) is 0 Å². The molecule has 1 aromatic carbocycles. The Balaban J connectivity index is 1.97. The molecule has 2 rings (SSSR count). The van der Waals surface area contributed by atoms with Gasteiger partial charge in [0.2, 0.25) is 0 Å². The van der Waals surface area contributed by atoms with E-state index in [1.165, 1.54) is 22.9 Å². The molecule has 1 saturated carbocycles. The number of hydrogen-bond donors (Lipinski definition) is 1. The fourth-order valence-corrected chi connectivity index (χ4v) is 2.36. The van der Waals surface area contributed by atoms with Crippen LogP contribution in [0.4, 0.5) is 0 Å². The fourth-order valence-electron chi connectivity index (χ4n) is 1.95. The smallest absolute Gasteiger partial charge is 0.0443 e. The molecule has 1 aliphatic carbocycles. The second-order valence-corrected chi connectivity index (χ2v) is 5.22. The van der Waals surface area contributed by atoms with Crippen molar-refractivity contribution in [3.8, 4) is 0 Å². The van der Waals surface area contributed by atoms with Crippen molar-refractivity contribution in [2.45, 2.75) is 31.8 Å². The maximum atomic E-state index is 8.90. The van der Waals surface area contributed by atoms with Crippen LogP contribution in [0.15, 0.2) is 28.7 Å². The molecular formula is C13H18BrNO. The van der Waals surface area contributed by atoms with Crippen molar-refractivity contribution in [1.29, 1.82) is 0 Å². The molecule has 0 bridgehead atoms. The van der Waals surface area contributed by atoms with E-state index < -0.39 is 0 Å². The summed E-state index contributed by atoms with van der Waals surface area (Å²) < 4.78 is 1.18. The lowest BCUT2D eigenvalue weighted by Crippen LogP contribution is -2.27. The lowest BCUT2D eigenvalue weighted by molar-refractivity contribution is 0.211. The Labute approximate surface area is 105 Å². The van der Waals surface area contributed by atoms with Crippen LogP contribution < -0.4 is 0 Å². The molecule has 88 valence electrons. The van der Waals surface area contributed by atoms with Gasteiger partial charge in [-0.3, -0.25) is 4.90 Å². The molecule has 0 heterocycles. The molecule has 0 spiro atoms. The van der Waals surface area contributed by atoms with E-state index in [9.17, 15) is 0 Å². The maximum absolute atomic E-state index is 8.90. The summed E-state index contributed by atoms with van der Waals surface area (Å²) in [6, 6.07) is 9.13. The first-order valence-corrected chi connectivity index (χ1v) is 6.69. The van der Waals surface area contributed by atoms with E-state index in [0.717, 1.165) is 25.6 Å². The zero-order valence-electron chi connectivity index (χ0n) is 9.40. The monoisotopic (exact) mass is 283 g/mol. The van der Waals surface area contributed by atoms with Crippen molar-refractivity contribution < 1.29 is 5.11 Å². The molecule has 0 aliphatic heterocycles. The number of aliphatic hydroxyl groups is 1. The molecule has 2 nitrogen and oxygen atoms in total. The van der Waals surface area contributed by atoms with Crippen LogP contribution >= 0.6 is 15.9 Å². The number of nitrogens with zero attached hydrogens (tertiary/aromatic N) is 1. The van der Waals surface area contributed by atoms with Crippen molar-refractivity contribution in [1.82, 2.24) is 4.90 Å². The topological polar surface area (TPSA) is 23.5 Å². The van der Waals surface area contributed by atoms with Gasteiger partial charge in [-0.15, -0.1) is 0 Å². The summed E-state index contributed by atoms with van der Waals surface area (Å²) in [7, 11) is 0. The van der Waals surface area contributed by atoms with E-state index in [-0.39, 0.29) is 0 Å². The summed E-state index contributed by atoms with van der Waals surface area (Å²) in [6.45, 7) is 2.29. The van der Waals surface area contributed by atoms with Crippen LogP contribution in [0.5, 0.6) is 0 Å². The Morgan fingerprint density at radius 2 is 2.06 bits per heavy atom. The molecule has 3 heteroatoms. The van der Waals surface area contributed by atoms with Gasteiger partial charge in [0, 0.05) is 30.2 Å². The standard InChI is InChI=1S/C13H18BrNO/c14-13-5-2-1-4-11(13)10-15(8-3-9-16)12-6-7-12/h1-2,4-5,12,16H,3,6-10H2. The molecule has 0 saturated heterocycles. The van der Waals surface area contributed by atoms with Crippen LogP contribution in [0.1, 0.15) is 24.8 Å². The largest absolute Gasteiger partial charge is 0.396 e. The molecular weight excluding hydrogens is 266 g/mol. The predicted molar refractivity (Wildman–Crippen MR) is 69.3 cm³/mol. The number of rotatable bonds is 6. The van der Waals surface area contributed by atoms with Crippen LogP contribution in [0.2, 0.25) is 0 Å². The van der Waals surface area contributed by atoms with Gasteiger partial charge >= 0.3 is 0 Å². The van der Waals surface area contributed by atoms with Crippen LogP contribution in [-0.2, 0) is 6.54 Å². The normalized spacial score (nSPS) is 15.7. The second kappa shape index (κ2) is 5.80. The van der Waals surface area contributed by atoms with E-state index in [0.29, 0.717) is 6.61 Å². The predicted octanol–water partition coefficient (Wildman–Crippen LogP) is 2.80. The molecule has 0 amide bonds. The van der Waals surface area contributed by atoms with Gasteiger partial charge in [0.25, 0.3) is 0 Å². The summed E-state index contributed by atoms with van der Waals surface area (Å²) in [4.78, 5) is 2.48. The van der Waals surface area contributed by atoms with Gasteiger partial charge in [-0.05, 0) is 30.9 Å². The van der Waals surface area contributed by atoms with E-state index in [4.69, 9.17) is 5.11 Å². The highest BCUT2D eigenvalue weighted by Gasteiger charge is 2.28. The van der Waals surface area contributed by atoms with Gasteiger partial charge in [0.15, 0.2) is 0 Å². The molecule has 1 N–H and O–H groups in total. The fraction of sp³-hybridized carbons (Fsp3) is 0.538. The summed E-state index contributed by atoms with van der Waals surface area (Å²) in [5.74, 6) is 0. The third kappa shape index (κ3) is 3.30. The first kappa shape index (κ1) is 12.1. The molecule has 1 fully saturated rings. The van der Waals surface area contributed by atoms with Gasteiger partial charge < -0.3 is 5.11 Å². The Morgan fingerprint density at radius 3 is 2.69 bits per heavy atom. The Morgan fingerprint density at radius 1 is 1.31 bits per heavy atom. The minimum absolute atomic E-state index is 0.291. The van der Waals surface area contributed by atoms with E-state index in [1.54, 1.807) is 0 Å². The van der Waals surface area contributed by atoms with E-state index in [2.05, 4.69) is 39.0 Å². The van der Waals surface area contributed by atoms with Crippen molar-refractivity contribution in [2.24, 2.45) is 0 Å². The highest BCUT2D eigenvalue weighted by molar-refractivity contribution is 9.10. The molecule has 1 aliphatic rings. The van der Waals surface area contributed by atoms with Crippen molar-refractivity contribution in [2.75, 3.05) is 13.2 Å². The quantitative estimate of drug-likeness (QED) is 0.868. The zero-order valence-corrected chi connectivity index (χ0v) is 11.0. The first-order chi connectivity index (χ1) is 7.81. The van der Waals surface area contributed by atoms with E-state index in [1.807, 2.05) is 6.07 Å². The average molecular weight is 284 g/mol. The summed E-state index contributed by atoms with van der Waals surface area (Å²) in [6.07, 6.45) is 3.51. The Hall–Kier alpha value is -0.380. The van der Waals surface area contributed by atoms with Crippen molar-refractivity contribution in [3.63, 3.8) is 0 Å². The zero-order chi connectivity index (χ0) is 11.4. The average Bonchev–Trinajstić information content (AvgIpc) is 3.10. The lowest BCUT2D eigenvalue weighted by atomic mass is 10.2. The summed E-state index contributed by atoms with van der Waals surface area (Å²) in [5.41, 5.74) is 1.34. The molecule has 0 aromatic heterocycles. The van der Waals surface area contributed by atoms with Gasteiger partial charge in [-0.1, -0.05) is 34.1 Å². The van der Waals surface area contributed by atoms with Crippen molar-refractivity contribution >= 4 is 15.9 Å². The third-order valence-electron chi connectivity index (χ3n) is 3.00. The number of benzene rings is 1. The van der Waals surface area contributed by atoms with Gasteiger partial charge in [0.05, 0.1) is 0 Å². The SMILES string of the molecule is OCCCN(Cc1ccccc1Br)C1CC1. The third-order valence-corrected chi connectivity index (χ3v) is 3.77. The maximum Gasteiger partial charge on any atom is 0.0443 e. The van der Waals surface area contributed by atoms with Crippen LogP contribution in [-0.4, -0.2) is 29.2 Å². The molecule has 0 unspecified atom stereocenters.